The second-order valence-electron chi connectivity index (χ2n) is 6.65. The zero-order chi connectivity index (χ0) is 17.3. The Bertz CT molecular complexity index is 694. The van der Waals surface area contributed by atoms with Crippen LogP contribution in [0, 0.1) is 6.92 Å². The van der Waals surface area contributed by atoms with Gasteiger partial charge in [0.2, 0.25) is 0 Å². The van der Waals surface area contributed by atoms with Crippen molar-refractivity contribution in [1.29, 1.82) is 0 Å². The number of ketones is 1. The van der Waals surface area contributed by atoms with Crippen molar-refractivity contribution < 1.29 is 14.3 Å². The van der Waals surface area contributed by atoms with Crippen LogP contribution in [0.5, 0.6) is 0 Å². The minimum atomic E-state index is -0.346. The molecule has 0 unspecified atom stereocenters. The smallest absolute Gasteiger partial charge is 0.355 e. The van der Waals surface area contributed by atoms with Crippen molar-refractivity contribution in [2.45, 2.75) is 46.0 Å². The van der Waals surface area contributed by atoms with E-state index in [1.807, 2.05) is 18.5 Å². The van der Waals surface area contributed by atoms with Gasteiger partial charge in [-0.25, -0.2) is 4.79 Å². The van der Waals surface area contributed by atoms with E-state index in [-0.39, 0.29) is 11.8 Å². The largest absolute Gasteiger partial charge is 0.461 e. The molecule has 1 aromatic heterocycles. The van der Waals surface area contributed by atoms with Gasteiger partial charge in [0.05, 0.1) is 6.61 Å². The number of rotatable bonds is 3. The van der Waals surface area contributed by atoms with Crippen LogP contribution in [0.15, 0.2) is 11.8 Å². The predicted octanol–water partition coefficient (Wildman–Crippen LogP) is 3.01. The highest BCUT2D eigenvalue weighted by Gasteiger charge is 2.32. The van der Waals surface area contributed by atoms with Crippen LogP contribution >= 0.6 is 0 Å². The van der Waals surface area contributed by atoms with Crippen molar-refractivity contribution in [3.8, 4) is 0 Å². The second-order valence-corrected chi connectivity index (χ2v) is 6.65. The lowest BCUT2D eigenvalue weighted by molar-refractivity contribution is 0.0514. The molecular formula is C19H26N2O3. The van der Waals surface area contributed by atoms with E-state index in [4.69, 9.17) is 4.74 Å². The minimum Gasteiger partial charge on any atom is -0.461 e. The maximum absolute atomic E-state index is 13.0. The maximum atomic E-state index is 13.0. The summed E-state index contributed by atoms with van der Waals surface area (Å²) in [7, 11) is 1.85. The van der Waals surface area contributed by atoms with Gasteiger partial charge in [-0.05, 0) is 51.5 Å². The molecule has 5 heteroatoms. The number of aromatic nitrogens is 1. The van der Waals surface area contributed by atoms with E-state index >= 15 is 0 Å². The lowest BCUT2D eigenvalue weighted by Crippen LogP contribution is -2.26. The van der Waals surface area contributed by atoms with Gasteiger partial charge in [-0.15, -0.1) is 0 Å². The van der Waals surface area contributed by atoms with Crippen molar-refractivity contribution in [2.75, 3.05) is 19.7 Å². The van der Waals surface area contributed by atoms with Gasteiger partial charge in [-0.3, -0.25) is 4.79 Å². The van der Waals surface area contributed by atoms with E-state index in [0.717, 1.165) is 42.8 Å². The number of nitrogens with zero attached hydrogens (tertiary/aromatic N) is 2. The molecule has 1 aliphatic carbocycles. The molecule has 0 bridgehead atoms. The number of likely N-dealkylation sites (tertiary alicyclic amines) is 1. The van der Waals surface area contributed by atoms with Crippen LogP contribution in [0.3, 0.4) is 0 Å². The lowest BCUT2D eigenvalue weighted by Gasteiger charge is -2.27. The topological polar surface area (TPSA) is 51.5 Å². The number of ether oxygens (including phenoxy) is 1. The summed E-state index contributed by atoms with van der Waals surface area (Å²) in [6, 6.07) is 0. The zero-order valence-electron chi connectivity index (χ0n) is 14.9. The first-order valence-corrected chi connectivity index (χ1v) is 8.89. The Morgan fingerprint density at radius 1 is 1.21 bits per heavy atom. The molecule has 1 aromatic rings. The lowest BCUT2D eigenvalue weighted by atomic mass is 9.89. The summed E-state index contributed by atoms with van der Waals surface area (Å²) >= 11 is 0. The predicted molar refractivity (Wildman–Crippen MR) is 92.3 cm³/mol. The van der Waals surface area contributed by atoms with Crippen LogP contribution in [0.4, 0.5) is 0 Å². The van der Waals surface area contributed by atoms with Gasteiger partial charge in [0.15, 0.2) is 5.78 Å². The molecule has 1 aliphatic heterocycles. The molecule has 0 radical (unpaired) electrons. The summed E-state index contributed by atoms with van der Waals surface area (Å²) in [5.41, 5.74) is 3.79. The fraction of sp³-hybridized carbons (Fsp3) is 0.579. The Hall–Kier alpha value is -2.04. The summed E-state index contributed by atoms with van der Waals surface area (Å²) in [6.07, 6.45) is 7.25. The highest BCUT2D eigenvalue weighted by atomic mass is 16.5. The molecule has 0 amide bonds. The van der Waals surface area contributed by atoms with Gasteiger partial charge in [0.25, 0.3) is 0 Å². The van der Waals surface area contributed by atoms with Crippen LogP contribution in [-0.2, 0) is 18.2 Å². The molecule has 2 aliphatic rings. The van der Waals surface area contributed by atoms with E-state index in [1.54, 1.807) is 6.92 Å². The molecule has 24 heavy (non-hydrogen) atoms. The SMILES string of the molecule is CCOC(=O)c1c(C)c2c(n1C)CC/C(=C\N1CCCCC1)C2=O. The van der Waals surface area contributed by atoms with Gasteiger partial charge in [0, 0.05) is 43.2 Å². The molecular weight excluding hydrogens is 304 g/mol. The number of allylic oxidation sites excluding steroid dienone is 1. The van der Waals surface area contributed by atoms with Crippen molar-refractivity contribution in [3.63, 3.8) is 0 Å². The molecule has 3 rings (SSSR count). The standard InChI is InChI=1S/C19H26N2O3/c1-4-24-19(23)17-13(2)16-15(20(17)3)9-8-14(18(16)22)12-21-10-6-5-7-11-21/h12H,4-11H2,1-3H3/b14-12+. The van der Waals surface area contributed by atoms with E-state index in [9.17, 15) is 9.59 Å². The van der Waals surface area contributed by atoms with Crippen molar-refractivity contribution in [2.24, 2.45) is 7.05 Å². The van der Waals surface area contributed by atoms with Gasteiger partial charge in [0.1, 0.15) is 5.69 Å². The fourth-order valence-electron chi connectivity index (χ4n) is 3.89. The summed E-state index contributed by atoms with van der Waals surface area (Å²) in [6.45, 7) is 6.05. The number of hydrogen-bond donors (Lipinski definition) is 0. The zero-order valence-corrected chi connectivity index (χ0v) is 14.9. The number of hydrogen-bond acceptors (Lipinski definition) is 4. The third kappa shape index (κ3) is 2.87. The van der Waals surface area contributed by atoms with Gasteiger partial charge < -0.3 is 14.2 Å². The monoisotopic (exact) mass is 330 g/mol. The number of esters is 1. The first-order valence-electron chi connectivity index (χ1n) is 8.89. The van der Waals surface area contributed by atoms with Crippen LogP contribution in [0.25, 0.3) is 0 Å². The highest BCUT2D eigenvalue weighted by Crippen LogP contribution is 2.32. The molecule has 2 heterocycles. The Morgan fingerprint density at radius 3 is 2.58 bits per heavy atom. The van der Waals surface area contributed by atoms with Crippen molar-refractivity contribution in [1.82, 2.24) is 9.47 Å². The van der Waals surface area contributed by atoms with Crippen LogP contribution in [0.1, 0.15) is 64.7 Å². The summed E-state index contributed by atoms with van der Waals surface area (Å²) in [4.78, 5) is 27.5. The summed E-state index contributed by atoms with van der Waals surface area (Å²) in [5, 5.41) is 0. The summed E-state index contributed by atoms with van der Waals surface area (Å²) in [5.74, 6) is -0.272. The highest BCUT2D eigenvalue weighted by molar-refractivity contribution is 6.13. The van der Waals surface area contributed by atoms with E-state index in [1.165, 1.54) is 19.3 Å². The molecule has 1 saturated heterocycles. The summed E-state index contributed by atoms with van der Waals surface area (Å²) < 4.78 is 7.00. The Morgan fingerprint density at radius 2 is 1.92 bits per heavy atom. The van der Waals surface area contributed by atoms with Gasteiger partial charge in [-0.1, -0.05) is 0 Å². The molecule has 0 spiro atoms. The number of carbonyl (C=O) groups excluding carboxylic acids is 2. The Balaban J connectivity index is 1.94. The fourth-order valence-corrected chi connectivity index (χ4v) is 3.89. The van der Waals surface area contributed by atoms with Crippen LogP contribution in [0.2, 0.25) is 0 Å². The van der Waals surface area contributed by atoms with Gasteiger partial charge in [-0.2, -0.15) is 0 Å². The number of carbonyl (C=O) groups is 2. The number of Topliss-reactive ketones (excluding diaryl/α,β-unsaturated/α-hetero) is 1. The normalized spacial score (nSPS) is 19.5. The first-order chi connectivity index (χ1) is 11.5. The molecule has 0 N–H and O–H groups in total. The van der Waals surface area contributed by atoms with Crippen LogP contribution < -0.4 is 0 Å². The van der Waals surface area contributed by atoms with Crippen LogP contribution in [-0.4, -0.2) is 40.9 Å². The first kappa shape index (κ1) is 16.8. The average Bonchev–Trinajstić information content (AvgIpc) is 2.83. The average molecular weight is 330 g/mol. The van der Waals surface area contributed by atoms with Crippen molar-refractivity contribution in [3.05, 3.63) is 34.3 Å². The van der Waals surface area contributed by atoms with Gasteiger partial charge >= 0.3 is 5.97 Å². The van der Waals surface area contributed by atoms with E-state index in [0.29, 0.717) is 17.9 Å². The molecule has 0 saturated carbocycles. The quantitative estimate of drug-likeness (QED) is 0.631. The Labute approximate surface area is 143 Å². The number of fused-ring (bicyclic) bond motifs is 1. The third-order valence-electron chi connectivity index (χ3n) is 5.11. The van der Waals surface area contributed by atoms with Crippen molar-refractivity contribution >= 4 is 11.8 Å². The van der Waals surface area contributed by atoms with E-state index in [2.05, 4.69) is 11.1 Å². The van der Waals surface area contributed by atoms with E-state index < -0.39 is 0 Å². The molecule has 5 nitrogen and oxygen atoms in total. The molecule has 1 fully saturated rings. The Kier molecular flexibility index (Phi) is 4.78. The molecule has 0 atom stereocenters. The molecule has 130 valence electrons. The minimum absolute atomic E-state index is 0.0745. The maximum Gasteiger partial charge on any atom is 0.355 e. The molecule has 0 aromatic carbocycles. The third-order valence-corrected chi connectivity index (χ3v) is 5.11. The second kappa shape index (κ2) is 6.83. The number of piperidine rings is 1.